The van der Waals surface area contributed by atoms with E-state index in [4.69, 9.17) is 5.73 Å². The second kappa shape index (κ2) is 7.36. The summed E-state index contributed by atoms with van der Waals surface area (Å²) in [6.07, 6.45) is 0. The molecule has 0 aliphatic carbocycles. The molecule has 0 fully saturated rings. The number of rotatable bonds is 6. The van der Waals surface area contributed by atoms with Crippen LogP contribution >= 0.6 is 15.9 Å². The van der Waals surface area contributed by atoms with Gasteiger partial charge in [0, 0.05) is 29.6 Å². The third-order valence-corrected chi connectivity index (χ3v) is 3.90. The van der Waals surface area contributed by atoms with Crippen LogP contribution in [0.3, 0.4) is 0 Å². The lowest BCUT2D eigenvalue weighted by molar-refractivity contribution is 0.138. The molecular formula is C15H24BrFN2. The van der Waals surface area contributed by atoms with Crippen LogP contribution in [0.4, 0.5) is 4.39 Å². The number of hydrogen-bond donors (Lipinski definition) is 1. The minimum atomic E-state index is -0.218. The third-order valence-electron chi connectivity index (χ3n) is 3.18. The topological polar surface area (TPSA) is 29.3 Å². The number of nitrogens with zero attached hydrogens (tertiary/aromatic N) is 1. The summed E-state index contributed by atoms with van der Waals surface area (Å²) >= 11 is 3.51. The number of hydrogen-bond acceptors (Lipinski definition) is 2. The molecule has 0 aliphatic rings. The smallest absolute Gasteiger partial charge is 0.123 e. The third kappa shape index (κ3) is 4.55. The van der Waals surface area contributed by atoms with Crippen LogP contribution in [0, 0.1) is 11.7 Å². The maximum Gasteiger partial charge on any atom is 0.123 e. The normalized spacial score (nSPS) is 13.6. The summed E-state index contributed by atoms with van der Waals surface area (Å²) in [6.45, 7) is 10.1. The molecule has 0 saturated heterocycles. The molecule has 0 heterocycles. The molecule has 0 spiro atoms. The Morgan fingerprint density at radius 1 is 1.26 bits per heavy atom. The molecule has 2 nitrogen and oxygen atoms in total. The Bertz CT molecular complexity index is 407. The minimum Gasteiger partial charge on any atom is -0.329 e. The molecule has 1 rings (SSSR count). The summed E-state index contributed by atoms with van der Waals surface area (Å²) in [4.78, 5) is 2.34. The van der Waals surface area contributed by atoms with E-state index < -0.39 is 0 Å². The summed E-state index contributed by atoms with van der Waals surface area (Å²) in [7, 11) is 0. The zero-order valence-electron chi connectivity index (χ0n) is 12.2. The lowest BCUT2D eigenvalue weighted by Crippen LogP contribution is -2.41. The molecule has 0 aromatic heterocycles. The van der Waals surface area contributed by atoms with E-state index in [0.29, 0.717) is 18.5 Å². The molecule has 0 amide bonds. The van der Waals surface area contributed by atoms with E-state index >= 15 is 0 Å². The molecule has 0 aliphatic heterocycles. The molecule has 1 aromatic rings. The highest BCUT2D eigenvalue weighted by Crippen LogP contribution is 2.30. The van der Waals surface area contributed by atoms with Gasteiger partial charge in [-0.25, -0.2) is 4.39 Å². The summed E-state index contributed by atoms with van der Waals surface area (Å²) < 4.78 is 14.4. The summed E-state index contributed by atoms with van der Waals surface area (Å²) in [6, 6.07) is 5.19. The Morgan fingerprint density at radius 2 is 1.89 bits per heavy atom. The van der Waals surface area contributed by atoms with Crippen molar-refractivity contribution in [2.24, 2.45) is 11.7 Å². The van der Waals surface area contributed by atoms with E-state index in [1.165, 1.54) is 6.07 Å². The van der Waals surface area contributed by atoms with Gasteiger partial charge in [0.1, 0.15) is 5.82 Å². The van der Waals surface area contributed by atoms with Crippen molar-refractivity contribution in [3.63, 3.8) is 0 Å². The first-order valence-corrected chi connectivity index (χ1v) is 7.56. The Labute approximate surface area is 124 Å². The highest BCUT2D eigenvalue weighted by molar-refractivity contribution is 9.10. The van der Waals surface area contributed by atoms with Gasteiger partial charge in [-0.15, -0.1) is 0 Å². The molecule has 0 radical (unpaired) electrons. The van der Waals surface area contributed by atoms with Crippen molar-refractivity contribution in [3.8, 4) is 0 Å². The van der Waals surface area contributed by atoms with E-state index in [1.807, 2.05) is 0 Å². The van der Waals surface area contributed by atoms with E-state index in [9.17, 15) is 4.39 Å². The van der Waals surface area contributed by atoms with Crippen LogP contribution in [0.1, 0.15) is 39.3 Å². The predicted molar refractivity (Wildman–Crippen MR) is 82.6 cm³/mol. The van der Waals surface area contributed by atoms with Gasteiger partial charge in [0.05, 0.1) is 0 Å². The van der Waals surface area contributed by atoms with Crippen LogP contribution in [-0.2, 0) is 0 Å². The number of benzene rings is 1. The molecule has 4 heteroatoms. The second-order valence-corrected chi connectivity index (χ2v) is 6.46. The van der Waals surface area contributed by atoms with Crippen molar-refractivity contribution in [2.75, 3.05) is 13.1 Å². The zero-order valence-corrected chi connectivity index (χ0v) is 13.7. The lowest BCUT2D eigenvalue weighted by Gasteiger charge is -2.36. The average Bonchev–Trinajstić information content (AvgIpc) is 2.32. The van der Waals surface area contributed by atoms with Crippen LogP contribution in [0.15, 0.2) is 22.7 Å². The van der Waals surface area contributed by atoms with Crippen LogP contribution in [0.5, 0.6) is 0 Å². The maximum absolute atomic E-state index is 13.5. The lowest BCUT2D eigenvalue weighted by atomic mass is 10.0. The first kappa shape index (κ1) is 16.6. The van der Waals surface area contributed by atoms with E-state index in [2.05, 4.69) is 48.5 Å². The Kier molecular flexibility index (Phi) is 6.43. The average molecular weight is 331 g/mol. The fourth-order valence-electron chi connectivity index (χ4n) is 2.33. The molecular weight excluding hydrogens is 307 g/mol. The van der Waals surface area contributed by atoms with Gasteiger partial charge in [-0.1, -0.05) is 29.8 Å². The molecule has 0 saturated carbocycles. The SMILES string of the molecule is CC(C)CN(C(C)C)C(CN)c1cc(F)ccc1Br. The van der Waals surface area contributed by atoms with E-state index in [-0.39, 0.29) is 11.9 Å². The van der Waals surface area contributed by atoms with Crippen LogP contribution in [0.25, 0.3) is 0 Å². The molecule has 2 N–H and O–H groups in total. The quantitative estimate of drug-likeness (QED) is 0.855. The summed E-state index contributed by atoms with van der Waals surface area (Å²) in [5.41, 5.74) is 6.88. The monoisotopic (exact) mass is 330 g/mol. The van der Waals surface area contributed by atoms with Gasteiger partial charge in [-0.3, -0.25) is 4.90 Å². The van der Waals surface area contributed by atoms with Gasteiger partial charge in [0.2, 0.25) is 0 Å². The van der Waals surface area contributed by atoms with Crippen LogP contribution in [-0.4, -0.2) is 24.0 Å². The molecule has 19 heavy (non-hydrogen) atoms. The van der Waals surface area contributed by atoms with E-state index in [1.54, 1.807) is 12.1 Å². The molecule has 1 atom stereocenters. The minimum absolute atomic E-state index is 0.0347. The van der Waals surface area contributed by atoms with Crippen LogP contribution < -0.4 is 5.73 Å². The van der Waals surface area contributed by atoms with Crippen LogP contribution in [0.2, 0.25) is 0 Å². The first-order valence-electron chi connectivity index (χ1n) is 6.77. The highest BCUT2D eigenvalue weighted by Gasteiger charge is 2.24. The van der Waals surface area contributed by atoms with E-state index in [0.717, 1.165) is 16.6 Å². The van der Waals surface area contributed by atoms with Gasteiger partial charge < -0.3 is 5.73 Å². The van der Waals surface area contributed by atoms with Gasteiger partial charge >= 0.3 is 0 Å². The molecule has 0 bridgehead atoms. The maximum atomic E-state index is 13.5. The van der Waals surface area contributed by atoms with Gasteiger partial charge in [-0.05, 0) is 43.5 Å². The van der Waals surface area contributed by atoms with Gasteiger partial charge in [0.25, 0.3) is 0 Å². The van der Waals surface area contributed by atoms with Gasteiger partial charge in [-0.2, -0.15) is 0 Å². The Morgan fingerprint density at radius 3 is 2.37 bits per heavy atom. The van der Waals surface area contributed by atoms with Crippen molar-refractivity contribution in [1.82, 2.24) is 4.90 Å². The Balaban J connectivity index is 3.11. The summed E-state index contributed by atoms with van der Waals surface area (Å²) in [5, 5.41) is 0. The predicted octanol–water partition coefficient (Wildman–Crippen LogP) is 3.95. The number of nitrogens with two attached hydrogens (primary N) is 1. The Hall–Kier alpha value is -0.450. The fourth-order valence-corrected chi connectivity index (χ4v) is 2.84. The number of halogens is 2. The van der Waals surface area contributed by atoms with Crippen molar-refractivity contribution in [1.29, 1.82) is 0 Å². The largest absolute Gasteiger partial charge is 0.329 e. The highest BCUT2D eigenvalue weighted by atomic mass is 79.9. The second-order valence-electron chi connectivity index (χ2n) is 5.60. The standard InChI is InChI=1S/C15H24BrFN2/c1-10(2)9-19(11(3)4)15(8-18)13-7-12(17)5-6-14(13)16/h5-7,10-11,15H,8-9,18H2,1-4H3. The summed E-state index contributed by atoms with van der Waals surface area (Å²) in [5.74, 6) is 0.327. The van der Waals surface area contributed by atoms with Gasteiger partial charge in [0.15, 0.2) is 0 Å². The molecule has 1 unspecified atom stereocenters. The van der Waals surface area contributed by atoms with Crippen molar-refractivity contribution < 1.29 is 4.39 Å². The van der Waals surface area contributed by atoms with Crippen molar-refractivity contribution in [3.05, 3.63) is 34.1 Å². The van der Waals surface area contributed by atoms with Crippen molar-refractivity contribution in [2.45, 2.75) is 39.8 Å². The van der Waals surface area contributed by atoms with Crippen molar-refractivity contribution >= 4 is 15.9 Å². The molecule has 108 valence electrons. The zero-order chi connectivity index (χ0) is 14.6. The molecule has 1 aromatic carbocycles. The first-order chi connectivity index (χ1) is 8.86. The fraction of sp³-hybridized carbons (Fsp3) is 0.600.